The van der Waals surface area contributed by atoms with E-state index in [9.17, 15) is 50.7 Å². The Labute approximate surface area is 447 Å². The lowest BCUT2D eigenvalue weighted by molar-refractivity contribution is -0.274. The SMILES string of the molecule is CCNC(=O)Cn1nc(-c2nc(-c3cncc(Cl)c3)no2)cc(CCNC(=O)Cn2nc(-c3nc(-c4cc(F)cc(F)c4)no3)cc(CCNC(=O)Cn3nc(-c4nc(-c5cccc(OC(F)(F)F)c5)no4)ccc3=O)c2=O)c1=O. The van der Waals surface area contributed by atoms with Crippen molar-refractivity contribution in [1.82, 2.24) is 80.7 Å². The van der Waals surface area contributed by atoms with Crippen LogP contribution >= 0.6 is 11.6 Å². The van der Waals surface area contributed by atoms with Crippen LogP contribution in [0.3, 0.4) is 0 Å². The van der Waals surface area contributed by atoms with Gasteiger partial charge in [-0.1, -0.05) is 39.2 Å². The van der Waals surface area contributed by atoms with E-state index in [-0.39, 0.29) is 107 Å². The minimum Gasteiger partial charge on any atom is -0.406 e. The standard InChI is InChI=1S/C48H36ClF5N16O10/c1-2-56-36(71)22-69-46(75)25(17-35(63-69)45-61-42(67-80-45)28-12-29(49)20-55-19-28)9-11-58-38(73)23-70-47(76)26(16-34(64-70)44-60-41(66-79-44)27-13-30(50)18-31(51)14-27)8-10-57-37(72)21-68-39(74)7-6-33(62-68)43-59-40(65-78-43)24-4-3-5-32(15-24)77-48(52,53)54/h3-7,12-20H,2,8-11,21-23H2,1H3,(H,56,71)(H,57,72)(H,58,73). The number of nitrogens with one attached hydrogen (secondary N) is 3. The van der Waals surface area contributed by atoms with Gasteiger partial charge in [0, 0.05) is 72.0 Å². The molecule has 3 N–H and O–H groups in total. The topological polar surface area (TPSA) is 331 Å². The number of rotatable bonds is 20. The molecule has 0 atom stereocenters. The number of halogens is 6. The minimum absolute atomic E-state index is 0.0111. The number of likely N-dealkylation sites (N-methyl/N-ethyl adjacent to an activating group) is 1. The van der Waals surface area contributed by atoms with Crippen LogP contribution in [-0.2, 0) is 46.9 Å². The summed E-state index contributed by atoms with van der Waals surface area (Å²) in [4.78, 5) is 96.4. The van der Waals surface area contributed by atoms with Crippen molar-refractivity contribution in [1.29, 1.82) is 0 Å². The maximum atomic E-state index is 14.1. The summed E-state index contributed by atoms with van der Waals surface area (Å²) in [6.45, 7) is -0.387. The first-order valence-corrected chi connectivity index (χ1v) is 23.8. The molecule has 0 saturated heterocycles. The van der Waals surface area contributed by atoms with E-state index in [0.717, 1.165) is 44.4 Å². The minimum atomic E-state index is -4.95. The molecule has 80 heavy (non-hydrogen) atoms. The Morgan fingerprint density at radius 3 is 1.66 bits per heavy atom. The summed E-state index contributed by atoms with van der Waals surface area (Å²) in [5.41, 5.74) is -2.08. The van der Waals surface area contributed by atoms with E-state index >= 15 is 0 Å². The summed E-state index contributed by atoms with van der Waals surface area (Å²) in [5.74, 6) is -5.51. The van der Waals surface area contributed by atoms with Crippen molar-refractivity contribution >= 4 is 29.3 Å². The number of aromatic nitrogens is 13. The lowest BCUT2D eigenvalue weighted by Gasteiger charge is -2.11. The van der Waals surface area contributed by atoms with E-state index in [1.807, 2.05) is 0 Å². The highest BCUT2D eigenvalue weighted by atomic mass is 35.5. The number of nitrogens with zero attached hydrogens (tertiary/aromatic N) is 13. The molecule has 26 nitrogen and oxygen atoms in total. The van der Waals surface area contributed by atoms with Crippen molar-refractivity contribution in [2.45, 2.75) is 45.8 Å². The van der Waals surface area contributed by atoms with Crippen molar-refractivity contribution < 1.29 is 54.6 Å². The molecule has 0 bridgehead atoms. The van der Waals surface area contributed by atoms with Crippen LogP contribution in [0.5, 0.6) is 5.75 Å². The molecule has 0 aliphatic heterocycles. The van der Waals surface area contributed by atoms with Crippen LogP contribution in [-0.4, -0.2) is 108 Å². The number of benzene rings is 2. The monoisotopic (exact) mass is 1130 g/mol. The maximum Gasteiger partial charge on any atom is 0.573 e. The van der Waals surface area contributed by atoms with E-state index in [2.05, 4.69) is 71.4 Å². The molecule has 9 rings (SSSR count). The fraction of sp³-hybridized carbons (Fsp3) is 0.208. The highest BCUT2D eigenvalue weighted by Gasteiger charge is 2.31. The zero-order valence-corrected chi connectivity index (χ0v) is 41.7. The zero-order valence-electron chi connectivity index (χ0n) is 40.9. The predicted octanol–water partition coefficient (Wildman–Crippen LogP) is 3.59. The molecule has 32 heteroatoms. The smallest absolute Gasteiger partial charge is 0.406 e. The molecule has 0 unspecified atom stereocenters. The van der Waals surface area contributed by atoms with E-state index in [4.69, 9.17) is 25.2 Å². The average Bonchev–Trinajstić information content (AvgIpc) is 4.23. The molecule has 9 aromatic rings. The second kappa shape index (κ2) is 23.6. The summed E-state index contributed by atoms with van der Waals surface area (Å²) in [6, 6.07) is 13.7. The van der Waals surface area contributed by atoms with Gasteiger partial charge in [-0.2, -0.15) is 30.2 Å². The van der Waals surface area contributed by atoms with Gasteiger partial charge >= 0.3 is 6.36 Å². The summed E-state index contributed by atoms with van der Waals surface area (Å²) >= 11 is 6.08. The summed E-state index contributed by atoms with van der Waals surface area (Å²) in [7, 11) is 0. The largest absolute Gasteiger partial charge is 0.573 e. The van der Waals surface area contributed by atoms with Gasteiger partial charge in [0.05, 0.1) is 5.02 Å². The first-order valence-electron chi connectivity index (χ1n) is 23.4. The second-order valence-electron chi connectivity index (χ2n) is 16.8. The third-order valence-corrected chi connectivity index (χ3v) is 11.2. The second-order valence-corrected chi connectivity index (χ2v) is 17.2. The van der Waals surface area contributed by atoms with Crippen LogP contribution in [0.2, 0.25) is 5.02 Å². The Morgan fingerprint density at radius 1 is 0.600 bits per heavy atom. The quantitative estimate of drug-likeness (QED) is 0.0918. The van der Waals surface area contributed by atoms with Gasteiger partial charge in [-0.15, -0.1) is 13.2 Å². The lowest BCUT2D eigenvalue weighted by atomic mass is 10.2. The highest BCUT2D eigenvalue weighted by molar-refractivity contribution is 6.30. The summed E-state index contributed by atoms with van der Waals surface area (Å²) in [5, 5.41) is 32.2. The molecule has 410 valence electrons. The number of amides is 3. The Balaban J connectivity index is 0.904. The fourth-order valence-electron chi connectivity index (χ4n) is 7.48. The Kier molecular flexibility index (Phi) is 16.1. The van der Waals surface area contributed by atoms with Crippen LogP contribution < -0.4 is 37.4 Å². The van der Waals surface area contributed by atoms with Crippen molar-refractivity contribution in [2.24, 2.45) is 0 Å². The predicted molar refractivity (Wildman–Crippen MR) is 263 cm³/mol. The van der Waals surface area contributed by atoms with E-state index in [1.165, 1.54) is 42.7 Å². The normalized spacial score (nSPS) is 11.4. The average molecular weight is 1130 g/mol. The van der Waals surface area contributed by atoms with E-state index in [1.54, 1.807) is 13.0 Å². The van der Waals surface area contributed by atoms with Crippen LogP contribution in [0.1, 0.15) is 18.1 Å². The molecular weight excluding hydrogens is 1090 g/mol. The summed E-state index contributed by atoms with van der Waals surface area (Å²) in [6.07, 6.45) is -2.47. The molecule has 0 fully saturated rings. The number of carbonyl (C=O) groups is 3. The fourth-order valence-corrected chi connectivity index (χ4v) is 7.66. The Morgan fingerprint density at radius 2 is 1.11 bits per heavy atom. The molecule has 0 saturated carbocycles. The first kappa shape index (κ1) is 54.6. The number of hydrogen-bond acceptors (Lipinski definition) is 20. The van der Waals surface area contributed by atoms with Gasteiger partial charge in [0.25, 0.3) is 34.3 Å². The molecule has 3 amide bonds. The van der Waals surface area contributed by atoms with Gasteiger partial charge < -0.3 is 34.3 Å². The molecular formula is C48H36ClF5N16O10. The number of alkyl halides is 3. The Hall–Kier alpha value is -10.2. The third-order valence-electron chi connectivity index (χ3n) is 11.0. The van der Waals surface area contributed by atoms with E-state index < -0.39 is 77.8 Å². The van der Waals surface area contributed by atoms with Crippen LogP contribution in [0.25, 0.3) is 68.9 Å². The molecule has 2 aromatic carbocycles. The lowest BCUT2D eigenvalue weighted by Crippen LogP contribution is -2.38. The molecule has 0 aliphatic carbocycles. The molecule has 0 aliphatic rings. The molecule has 0 radical (unpaired) electrons. The third kappa shape index (κ3) is 13.5. The van der Waals surface area contributed by atoms with Crippen LogP contribution in [0.15, 0.2) is 113 Å². The highest BCUT2D eigenvalue weighted by Crippen LogP contribution is 2.29. The zero-order chi connectivity index (χ0) is 56.7. The van der Waals surface area contributed by atoms with Crippen molar-refractivity contribution in [3.63, 3.8) is 0 Å². The van der Waals surface area contributed by atoms with Gasteiger partial charge in [-0.05, 0) is 68.3 Å². The molecule has 7 heterocycles. The summed E-state index contributed by atoms with van der Waals surface area (Å²) < 4.78 is 89.0. The number of carbonyl (C=O) groups excluding carboxylic acids is 3. The number of hydrogen-bond donors (Lipinski definition) is 3. The van der Waals surface area contributed by atoms with E-state index in [0.29, 0.717) is 16.7 Å². The molecule has 7 aromatic heterocycles. The van der Waals surface area contributed by atoms with Crippen LogP contribution in [0.4, 0.5) is 22.0 Å². The number of ether oxygens (including phenoxy) is 1. The number of pyridine rings is 1. The Bertz CT molecular complexity index is 3970. The van der Waals surface area contributed by atoms with Gasteiger partial charge in [0.15, 0.2) is 0 Å². The van der Waals surface area contributed by atoms with Crippen molar-refractivity contribution in [2.75, 3.05) is 19.6 Å². The first-order chi connectivity index (χ1) is 38.3. The molecule has 0 spiro atoms. The van der Waals surface area contributed by atoms with Gasteiger partial charge in [-0.3, -0.25) is 33.8 Å². The van der Waals surface area contributed by atoms with Crippen LogP contribution in [0, 0.1) is 11.6 Å². The van der Waals surface area contributed by atoms with Gasteiger partial charge in [0.2, 0.25) is 35.2 Å². The van der Waals surface area contributed by atoms with Gasteiger partial charge in [-0.25, -0.2) is 22.8 Å². The van der Waals surface area contributed by atoms with Gasteiger partial charge in [0.1, 0.15) is 54.1 Å². The maximum absolute atomic E-state index is 14.1. The van der Waals surface area contributed by atoms with Crippen molar-refractivity contribution in [3.05, 3.63) is 144 Å². The van der Waals surface area contributed by atoms with Crippen molar-refractivity contribution in [3.8, 4) is 74.7 Å².